The predicted molar refractivity (Wildman–Crippen MR) is 112 cm³/mol. The first-order chi connectivity index (χ1) is 14.2. The van der Waals surface area contributed by atoms with E-state index in [-0.39, 0.29) is 11.9 Å². The summed E-state index contributed by atoms with van der Waals surface area (Å²) in [6, 6.07) is 17.1. The van der Waals surface area contributed by atoms with Crippen molar-refractivity contribution in [2.75, 3.05) is 32.2 Å². The Hall–Kier alpha value is -3.48. The van der Waals surface area contributed by atoms with Gasteiger partial charge in [0.05, 0.1) is 19.9 Å². The predicted octanol–water partition coefficient (Wildman–Crippen LogP) is 3.10. The van der Waals surface area contributed by atoms with Crippen LogP contribution in [0.4, 0.5) is 5.82 Å². The smallest absolute Gasteiger partial charge is 0.251 e. The Morgan fingerprint density at radius 2 is 1.72 bits per heavy atom. The lowest BCUT2D eigenvalue weighted by molar-refractivity contribution is 0.0940. The van der Waals surface area contributed by atoms with Gasteiger partial charge in [0.2, 0.25) is 0 Å². The van der Waals surface area contributed by atoms with E-state index in [9.17, 15) is 4.79 Å². The number of amides is 1. The van der Waals surface area contributed by atoms with Crippen molar-refractivity contribution >= 4 is 11.7 Å². The summed E-state index contributed by atoms with van der Waals surface area (Å²) in [7, 11) is 3.26. The van der Waals surface area contributed by atoms with Gasteiger partial charge in [-0.3, -0.25) is 9.89 Å². The number of nitrogens with zero attached hydrogens (tertiary/aromatic N) is 2. The Bertz CT molecular complexity index is 966. The Labute approximate surface area is 169 Å². The zero-order valence-corrected chi connectivity index (χ0v) is 16.5. The summed E-state index contributed by atoms with van der Waals surface area (Å²) >= 11 is 0. The van der Waals surface area contributed by atoms with Gasteiger partial charge in [-0.25, -0.2) is 0 Å². The Balaban J connectivity index is 1.37. The normalized spacial score (nSPS) is 15.9. The highest BCUT2D eigenvalue weighted by molar-refractivity contribution is 5.94. The summed E-state index contributed by atoms with van der Waals surface area (Å²) in [5.74, 6) is 2.38. The zero-order valence-electron chi connectivity index (χ0n) is 16.5. The molecule has 0 saturated carbocycles. The molecule has 0 unspecified atom stereocenters. The molecule has 7 heteroatoms. The second kappa shape index (κ2) is 8.26. The molecule has 1 aliphatic rings. The number of carbonyl (C=O) groups is 1. The third-order valence-corrected chi connectivity index (χ3v) is 5.17. The monoisotopic (exact) mass is 392 g/mol. The third kappa shape index (κ3) is 4.18. The van der Waals surface area contributed by atoms with Crippen LogP contribution in [0.15, 0.2) is 54.6 Å². The Kier molecular flexibility index (Phi) is 5.37. The first-order valence-corrected chi connectivity index (χ1v) is 9.56. The average Bonchev–Trinajstić information content (AvgIpc) is 3.43. The van der Waals surface area contributed by atoms with Crippen molar-refractivity contribution in [1.82, 2.24) is 15.5 Å². The van der Waals surface area contributed by atoms with E-state index >= 15 is 0 Å². The van der Waals surface area contributed by atoms with Crippen molar-refractivity contribution < 1.29 is 14.3 Å². The van der Waals surface area contributed by atoms with Crippen molar-refractivity contribution in [2.24, 2.45) is 0 Å². The lowest BCUT2D eigenvalue weighted by Gasteiger charge is -2.16. The molecule has 1 amide bonds. The maximum Gasteiger partial charge on any atom is 0.251 e. The number of hydrogen-bond acceptors (Lipinski definition) is 5. The van der Waals surface area contributed by atoms with E-state index in [2.05, 4.69) is 20.4 Å². The van der Waals surface area contributed by atoms with Crippen molar-refractivity contribution in [3.63, 3.8) is 0 Å². The van der Waals surface area contributed by atoms with Gasteiger partial charge in [-0.15, -0.1) is 0 Å². The maximum absolute atomic E-state index is 12.5. The second-order valence-corrected chi connectivity index (χ2v) is 7.00. The van der Waals surface area contributed by atoms with E-state index in [4.69, 9.17) is 9.47 Å². The number of ether oxygens (including phenoxy) is 2. The molecule has 3 aromatic rings. The number of methoxy groups -OCH3 is 2. The van der Waals surface area contributed by atoms with Crippen molar-refractivity contribution in [2.45, 2.75) is 12.5 Å². The largest absolute Gasteiger partial charge is 0.497 e. The van der Waals surface area contributed by atoms with E-state index in [1.807, 2.05) is 30.3 Å². The van der Waals surface area contributed by atoms with Gasteiger partial charge in [0.25, 0.3) is 5.91 Å². The second-order valence-electron chi connectivity index (χ2n) is 7.00. The van der Waals surface area contributed by atoms with Gasteiger partial charge in [-0.05, 0) is 60.5 Å². The standard InChI is InChI=1S/C22H24N4O3/c1-28-18-7-3-15(4-8-18)20-13-21(25-24-20)26-12-11-17(14-26)23-22(27)16-5-9-19(29-2)10-6-16/h3-10,13,17H,11-12,14H2,1-2H3,(H,23,27)(H,24,25)/t17-/m0/s1. The molecule has 150 valence electrons. The molecular weight excluding hydrogens is 368 g/mol. The van der Waals surface area contributed by atoms with Crippen LogP contribution in [-0.2, 0) is 0 Å². The maximum atomic E-state index is 12.5. The minimum atomic E-state index is -0.0690. The summed E-state index contributed by atoms with van der Waals surface area (Å²) in [5, 5.41) is 10.7. The quantitative estimate of drug-likeness (QED) is 0.674. The van der Waals surface area contributed by atoms with Crippen LogP contribution in [0.5, 0.6) is 11.5 Å². The summed E-state index contributed by atoms with van der Waals surface area (Å²) < 4.78 is 10.3. The van der Waals surface area contributed by atoms with Crippen LogP contribution < -0.4 is 19.7 Å². The molecule has 0 aliphatic carbocycles. The average molecular weight is 392 g/mol. The highest BCUT2D eigenvalue weighted by Gasteiger charge is 2.26. The number of aromatic amines is 1. The van der Waals surface area contributed by atoms with E-state index < -0.39 is 0 Å². The van der Waals surface area contributed by atoms with Crippen LogP contribution in [0.3, 0.4) is 0 Å². The van der Waals surface area contributed by atoms with Gasteiger partial charge in [0.15, 0.2) is 5.82 Å². The number of aromatic nitrogens is 2. The van der Waals surface area contributed by atoms with Crippen LogP contribution in [-0.4, -0.2) is 49.5 Å². The number of hydrogen-bond donors (Lipinski definition) is 2. The fourth-order valence-electron chi connectivity index (χ4n) is 3.49. The van der Waals surface area contributed by atoms with Gasteiger partial charge >= 0.3 is 0 Å². The van der Waals surface area contributed by atoms with Gasteiger partial charge in [0.1, 0.15) is 11.5 Å². The minimum Gasteiger partial charge on any atom is -0.497 e. The lowest BCUT2D eigenvalue weighted by Crippen LogP contribution is -2.37. The van der Waals surface area contributed by atoms with E-state index in [0.717, 1.165) is 48.1 Å². The Morgan fingerprint density at radius 3 is 2.38 bits per heavy atom. The van der Waals surface area contributed by atoms with Crippen LogP contribution in [0, 0.1) is 0 Å². The molecule has 1 aromatic heterocycles. The summed E-state index contributed by atoms with van der Waals surface area (Å²) in [6.07, 6.45) is 0.882. The summed E-state index contributed by atoms with van der Waals surface area (Å²) in [6.45, 7) is 1.58. The van der Waals surface area contributed by atoms with Gasteiger partial charge in [-0.2, -0.15) is 5.10 Å². The molecule has 1 atom stereocenters. The van der Waals surface area contributed by atoms with Crippen molar-refractivity contribution in [3.05, 3.63) is 60.2 Å². The van der Waals surface area contributed by atoms with Gasteiger partial charge in [-0.1, -0.05) is 0 Å². The molecule has 1 fully saturated rings. The van der Waals surface area contributed by atoms with Crippen LogP contribution in [0.1, 0.15) is 16.8 Å². The molecular formula is C22H24N4O3. The van der Waals surface area contributed by atoms with Gasteiger partial charge in [0, 0.05) is 30.8 Å². The van der Waals surface area contributed by atoms with E-state index in [0.29, 0.717) is 5.56 Å². The van der Waals surface area contributed by atoms with Crippen molar-refractivity contribution in [1.29, 1.82) is 0 Å². The fraction of sp³-hybridized carbons (Fsp3) is 0.273. The first-order valence-electron chi connectivity index (χ1n) is 9.56. The van der Waals surface area contributed by atoms with Crippen LogP contribution in [0.2, 0.25) is 0 Å². The van der Waals surface area contributed by atoms with Crippen molar-refractivity contribution in [3.8, 4) is 22.8 Å². The minimum absolute atomic E-state index is 0.0690. The Morgan fingerprint density at radius 1 is 1.07 bits per heavy atom. The van der Waals surface area contributed by atoms with E-state index in [1.165, 1.54) is 0 Å². The highest BCUT2D eigenvalue weighted by Crippen LogP contribution is 2.26. The fourth-order valence-corrected chi connectivity index (χ4v) is 3.49. The number of nitrogens with one attached hydrogen (secondary N) is 2. The molecule has 4 rings (SSSR count). The number of H-pyrrole nitrogens is 1. The molecule has 2 heterocycles. The van der Waals surface area contributed by atoms with Crippen LogP contribution >= 0.6 is 0 Å². The molecule has 29 heavy (non-hydrogen) atoms. The number of anilines is 1. The SMILES string of the molecule is COc1ccc(C(=O)N[C@H]2CCN(c3cc(-c4ccc(OC)cc4)[nH]n3)C2)cc1. The molecule has 2 aromatic carbocycles. The molecule has 2 N–H and O–H groups in total. The molecule has 0 bridgehead atoms. The molecule has 1 aliphatic heterocycles. The molecule has 0 radical (unpaired) electrons. The van der Waals surface area contributed by atoms with Crippen LogP contribution in [0.25, 0.3) is 11.3 Å². The topological polar surface area (TPSA) is 79.5 Å². The summed E-state index contributed by atoms with van der Waals surface area (Å²) in [4.78, 5) is 14.7. The molecule has 0 spiro atoms. The number of carbonyl (C=O) groups excluding carboxylic acids is 1. The third-order valence-electron chi connectivity index (χ3n) is 5.17. The number of benzene rings is 2. The highest BCUT2D eigenvalue weighted by atomic mass is 16.5. The first kappa shape index (κ1) is 18.9. The van der Waals surface area contributed by atoms with E-state index in [1.54, 1.807) is 38.5 Å². The van der Waals surface area contributed by atoms with Gasteiger partial charge < -0.3 is 19.7 Å². The lowest BCUT2D eigenvalue weighted by atomic mass is 10.1. The molecule has 7 nitrogen and oxygen atoms in total. The zero-order chi connectivity index (χ0) is 20.2. The summed E-state index contributed by atoms with van der Waals surface area (Å²) in [5.41, 5.74) is 2.63. The molecule has 1 saturated heterocycles. The number of rotatable bonds is 6.